The number of hydrogen-bond acceptors (Lipinski definition) is 5. The second-order valence-corrected chi connectivity index (χ2v) is 8.16. The summed E-state index contributed by atoms with van der Waals surface area (Å²) >= 11 is -1.18. The molecule has 0 aliphatic heterocycles. The summed E-state index contributed by atoms with van der Waals surface area (Å²) in [5.41, 5.74) is 8.38. The average molecular weight is 318 g/mol. The molecule has 3 N–H and O–H groups in total. The summed E-state index contributed by atoms with van der Waals surface area (Å²) in [5.74, 6) is 0.352. The fourth-order valence-electron chi connectivity index (χ4n) is 1.97. The first-order valence-electron chi connectivity index (χ1n) is 7.15. The van der Waals surface area contributed by atoms with Gasteiger partial charge in [0.1, 0.15) is 10.6 Å². The minimum atomic E-state index is -1.18. The largest absolute Gasteiger partial charge is 0.598 e. The molecule has 0 unspecified atom stereocenters. The lowest BCUT2D eigenvalue weighted by molar-refractivity contribution is 0.531. The number of nitrogens with one attached hydrogen (secondary N) is 1. The highest BCUT2D eigenvalue weighted by molar-refractivity contribution is 7.90. The molecule has 0 radical (unpaired) electrons. The molecule has 1 aromatic carbocycles. The SMILES string of the molecule is C[C@H](N[S@+]([O-])C(C)(C)C)c1cc(N)nnc1-c1ccccc1. The van der Waals surface area contributed by atoms with Crippen LogP contribution >= 0.6 is 0 Å². The molecule has 0 fully saturated rings. The van der Waals surface area contributed by atoms with Crippen LogP contribution in [-0.4, -0.2) is 19.5 Å². The molecule has 0 saturated heterocycles. The first-order chi connectivity index (χ1) is 10.3. The number of hydrogen-bond donors (Lipinski definition) is 2. The number of nitrogens with zero attached hydrogens (tertiary/aromatic N) is 2. The summed E-state index contributed by atoms with van der Waals surface area (Å²) in [6, 6.07) is 11.4. The van der Waals surface area contributed by atoms with Crippen LogP contribution in [0.4, 0.5) is 5.82 Å². The molecular formula is C16H22N4OS. The van der Waals surface area contributed by atoms with Crippen LogP contribution in [0.25, 0.3) is 11.3 Å². The molecule has 5 nitrogen and oxygen atoms in total. The Kier molecular flexibility index (Phi) is 5.05. The van der Waals surface area contributed by atoms with Gasteiger partial charge in [-0.2, -0.15) is 0 Å². The van der Waals surface area contributed by atoms with Gasteiger partial charge in [-0.25, -0.2) is 0 Å². The third-order valence-corrected chi connectivity index (χ3v) is 4.88. The molecule has 0 amide bonds. The van der Waals surface area contributed by atoms with E-state index in [1.165, 1.54) is 0 Å². The Bertz CT molecular complexity index is 628. The molecule has 2 aromatic rings. The summed E-state index contributed by atoms with van der Waals surface area (Å²) in [7, 11) is 0. The molecule has 22 heavy (non-hydrogen) atoms. The third kappa shape index (κ3) is 3.97. The van der Waals surface area contributed by atoms with Crippen LogP contribution in [-0.2, 0) is 11.4 Å². The van der Waals surface area contributed by atoms with Crippen LogP contribution in [0.2, 0.25) is 0 Å². The van der Waals surface area contributed by atoms with Gasteiger partial charge in [0.15, 0.2) is 0 Å². The van der Waals surface area contributed by atoms with Crippen LogP contribution < -0.4 is 10.5 Å². The topological polar surface area (TPSA) is 86.9 Å². The van der Waals surface area contributed by atoms with E-state index < -0.39 is 11.4 Å². The van der Waals surface area contributed by atoms with Crippen molar-refractivity contribution in [3.05, 3.63) is 42.0 Å². The van der Waals surface area contributed by atoms with Crippen molar-refractivity contribution in [3.8, 4) is 11.3 Å². The van der Waals surface area contributed by atoms with E-state index in [0.29, 0.717) is 5.82 Å². The van der Waals surface area contributed by atoms with E-state index in [1.807, 2.05) is 58.0 Å². The maximum atomic E-state index is 12.3. The number of benzene rings is 1. The Morgan fingerprint density at radius 2 is 1.82 bits per heavy atom. The van der Waals surface area contributed by atoms with Gasteiger partial charge in [0.05, 0.1) is 11.7 Å². The summed E-state index contributed by atoms with van der Waals surface area (Å²) < 4.78 is 15.1. The molecule has 0 aliphatic rings. The number of nitrogen functional groups attached to an aromatic ring is 1. The van der Waals surface area contributed by atoms with E-state index in [-0.39, 0.29) is 10.8 Å². The van der Waals surface area contributed by atoms with Crippen molar-refractivity contribution in [1.82, 2.24) is 14.9 Å². The van der Waals surface area contributed by atoms with Crippen molar-refractivity contribution in [3.63, 3.8) is 0 Å². The maximum Gasteiger partial charge on any atom is 0.146 e. The van der Waals surface area contributed by atoms with E-state index in [2.05, 4.69) is 14.9 Å². The van der Waals surface area contributed by atoms with Crippen molar-refractivity contribution in [2.45, 2.75) is 38.5 Å². The van der Waals surface area contributed by atoms with Gasteiger partial charge in [-0.1, -0.05) is 30.3 Å². The first kappa shape index (κ1) is 16.7. The third-order valence-electron chi connectivity index (χ3n) is 3.20. The molecule has 0 aliphatic carbocycles. The van der Waals surface area contributed by atoms with Gasteiger partial charge >= 0.3 is 0 Å². The van der Waals surface area contributed by atoms with E-state index in [1.54, 1.807) is 6.07 Å². The Hall–Kier alpha value is -1.63. The fraction of sp³-hybridized carbons (Fsp3) is 0.375. The maximum absolute atomic E-state index is 12.3. The molecule has 0 bridgehead atoms. The zero-order valence-corrected chi connectivity index (χ0v) is 14.1. The Balaban J connectivity index is 2.36. The van der Waals surface area contributed by atoms with Gasteiger partial charge in [-0.05, 0) is 33.8 Å². The first-order valence-corrected chi connectivity index (χ1v) is 8.30. The van der Waals surface area contributed by atoms with E-state index >= 15 is 0 Å². The number of nitrogens with two attached hydrogens (primary N) is 1. The summed E-state index contributed by atoms with van der Waals surface area (Å²) in [6.45, 7) is 7.74. The van der Waals surface area contributed by atoms with Gasteiger partial charge in [0.25, 0.3) is 0 Å². The predicted molar refractivity (Wildman–Crippen MR) is 91.3 cm³/mol. The van der Waals surface area contributed by atoms with Crippen molar-refractivity contribution < 1.29 is 4.55 Å². The van der Waals surface area contributed by atoms with E-state index in [0.717, 1.165) is 16.8 Å². The zero-order chi connectivity index (χ0) is 16.3. The summed E-state index contributed by atoms with van der Waals surface area (Å²) in [4.78, 5) is 0. The summed E-state index contributed by atoms with van der Waals surface area (Å²) in [5, 5.41) is 8.18. The Morgan fingerprint density at radius 3 is 2.41 bits per heavy atom. The number of rotatable bonds is 4. The second-order valence-electron chi connectivity index (χ2n) is 6.16. The quantitative estimate of drug-likeness (QED) is 0.846. The van der Waals surface area contributed by atoms with Crippen molar-refractivity contribution in [2.24, 2.45) is 0 Å². The Labute approximate surface area is 134 Å². The highest BCUT2D eigenvalue weighted by atomic mass is 32.2. The van der Waals surface area contributed by atoms with Crippen molar-refractivity contribution in [2.75, 3.05) is 5.73 Å². The van der Waals surface area contributed by atoms with Crippen LogP contribution in [0.1, 0.15) is 39.3 Å². The standard InChI is InChI=1S/C16H22N4OS/c1-11(20-22(21)16(2,3)4)13-10-14(17)18-19-15(13)12-8-6-5-7-9-12/h5-11,20H,1-4H3,(H2,17,18)/t11-,22+/m0/s1. The average Bonchev–Trinajstić information content (AvgIpc) is 2.47. The van der Waals surface area contributed by atoms with Crippen LogP contribution in [0, 0.1) is 0 Å². The lowest BCUT2D eigenvalue weighted by Crippen LogP contribution is -2.40. The van der Waals surface area contributed by atoms with Crippen molar-refractivity contribution in [1.29, 1.82) is 0 Å². The molecule has 0 saturated carbocycles. The molecule has 2 rings (SSSR count). The van der Waals surface area contributed by atoms with Crippen LogP contribution in [0.5, 0.6) is 0 Å². The summed E-state index contributed by atoms with van der Waals surface area (Å²) in [6.07, 6.45) is 0. The lowest BCUT2D eigenvalue weighted by atomic mass is 10.0. The predicted octanol–water partition coefficient (Wildman–Crippen LogP) is 2.84. The number of anilines is 1. The fourth-order valence-corrected chi connectivity index (χ4v) is 2.77. The lowest BCUT2D eigenvalue weighted by Gasteiger charge is -2.27. The minimum Gasteiger partial charge on any atom is -0.598 e. The van der Waals surface area contributed by atoms with Gasteiger partial charge in [-0.15, -0.1) is 14.9 Å². The van der Waals surface area contributed by atoms with Gasteiger partial charge in [0, 0.05) is 22.5 Å². The van der Waals surface area contributed by atoms with Gasteiger partial charge < -0.3 is 10.3 Å². The van der Waals surface area contributed by atoms with Crippen LogP contribution in [0.3, 0.4) is 0 Å². The van der Waals surface area contributed by atoms with Gasteiger partial charge in [0.2, 0.25) is 0 Å². The van der Waals surface area contributed by atoms with Crippen LogP contribution in [0.15, 0.2) is 36.4 Å². The minimum absolute atomic E-state index is 0.159. The van der Waals surface area contributed by atoms with Gasteiger partial charge in [-0.3, -0.25) is 0 Å². The molecular weight excluding hydrogens is 296 g/mol. The molecule has 0 spiro atoms. The zero-order valence-electron chi connectivity index (χ0n) is 13.3. The van der Waals surface area contributed by atoms with E-state index in [4.69, 9.17) is 5.73 Å². The molecule has 1 heterocycles. The molecule has 118 valence electrons. The highest BCUT2D eigenvalue weighted by Gasteiger charge is 2.29. The smallest absolute Gasteiger partial charge is 0.146 e. The Morgan fingerprint density at radius 1 is 1.18 bits per heavy atom. The van der Waals surface area contributed by atoms with E-state index in [9.17, 15) is 4.55 Å². The normalized spacial score (nSPS) is 14.6. The molecule has 6 heteroatoms. The van der Waals surface area contributed by atoms with Crippen molar-refractivity contribution >= 4 is 17.2 Å². The monoisotopic (exact) mass is 318 g/mol. The molecule has 2 atom stereocenters. The highest BCUT2D eigenvalue weighted by Crippen LogP contribution is 2.28. The number of aromatic nitrogens is 2. The molecule has 1 aromatic heterocycles. The second kappa shape index (κ2) is 6.64.